The fourth-order valence-corrected chi connectivity index (χ4v) is 3.83. The van der Waals surface area contributed by atoms with Gasteiger partial charge >= 0.3 is 6.09 Å². The van der Waals surface area contributed by atoms with E-state index in [4.69, 9.17) is 5.11 Å². The fraction of sp³-hybridized carbons (Fsp3) is 0.824. The largest absolute Gasteiger partial charge is 0.465 e. The quantitative estimate of drug-likeness (QED) is 0.435. The minimum absolute atomic E-state index is 0.0601. The molecule has 1 heterocycles. The number of hydrogen-bond acceptors (Lipinski definition) is 4. The maximum Gasteiger partial charge on any atom is 0.405 e. The smallest absolute Gasteiger partial charge is 0.405 e. The maximum atomic E-state index is 12.5. The van der Waals surface area contributed by atoms with Crippen LogP contribution in [0.25, 0.3) is 0 Å². The molecule has 0 aromatic heterocycles. The standard InChI is InChI=1S/C17H29N3O5/c21-10-13(9-12-6-7-18-15(12)22)19-16(23)14(20-17(24)25)8-11-4-2-1-3-5-11/h11-14,20-21H,1-10H2,(H,18,22)(H,19,23)(H,24,25)/t12-,13?,14?/m0/s1. The van der Waals surface area contributed by atoms with Crippen molar-refractivity contribution in [1.29, 1.82) is 0 Å². The Morgan fingerprint density at radius 1 is 1.12 bits per heavy atom. The van der Waals surface area contributed by atoms with Crippen molar-refractivity contribution in [3.05, 3.63) is 0 Å². The molecule has 1 saturated heterocycles. The first-order chi connectivity index (χ1) is 12.0. The molecule has 142 valence electrons. The van der Waals surface area contributed by atoms with Crippen LogP contribution in [0.15, 0.2) is 0 Å². The van der Waals surface area contributed by atoms with Crippen molar-refractivity contribution in [2.24, 2.45) is 11.8 Å². The monoisotopic (exact) mass is 355 g/mol. The van der Waals surface area contributed by atoms with Gasteiger partial charge in [-0.1, -0.05) is 32.1 Å². The van der Waals surface area contributed by atoms with Crippen LogP contribution in [0.2, 0.25) is 0 Å². The zero-order chi connectivity index (χ0) is 18.2. The molecule has 5 N–H and O–H groups in total. The molecule has 3 amide bonds. The van der Waals surface area contributed by atoms with E-state index in [2.05, 4.69) is 16.0 Å². The molecule has 0 aromatic rings. The second-order valence-corrected chi connectivity index (χ2v) is 7.14. The Bertz CT molecular complexity index is 479. The highest BCUT2D eigenvalue weighted by atomic mass is 16.4. The molecule has 0 radical (unpaired) electrons. The van der Waals surface area contributed by atoms with Crippen LogP contribution in [-0.4, -0.2) is 53.4 Å². The number of carboxylic acid groups (broad SMARTS) is 1. The minimum Gasteiger partial charge on any atom is -0.465 e. The van der Waals surface area contributed by atoms with Gasteiger partial charge in [0.05, 0.1) is 12.6 Å². The first-order valence-electron chi connectivity index (χ1n) is 9.18. The number of amides is 3. The molecule has 25 heavy (non-hydrogen) atoms. The molecule has 0 spiro atoms. The summed E-state index contributed by atoms with van der Waals surface area (Å²) in [4.78, 5) is 35.2. The van der Waals surface area contributed by atoms with Crippen LogP contribution in [0.3, 0.4) is 0 Å². The molecule has 0 bridgehead atoms. The predicted molar refractivity (Wildman–Crippen MR) is 90.9 cm³/mol. The zero-order valence-electron chi connectivity index (χ0n) is 14.5. The molecule has 2 unspecified atom stereocenters. The van der Waals surface area contributed by atoms with Crippen LogP contribution in [-0.2, 0) is 9.59 Å². The summed E-state index contributed by atoms with van der Waals surface area (Å²) in [7, 11) is 0. The summed E-state index contributed by atoms with van der Waals surface area (Å²) in [5.41, 5.74) is 0. The number of hydrogen-bond donors (Lipinski definition) is 5. The first-order valence-corrected chi connectivity index (χ1v) is 9.18. The van der Waals surface area contributed by atoms with Gasteiger partial charge in [0.15, 0.2) is 0 Å². The van der Waals surface area contributed by atoms with Crippen LogP contribution >= 0.6 is 0 Å². The van der Waals surface area contributed by atoms with E-state index >= 15 is 0 Å². The summed E-state index contributed by atoms with van der Waals surface area (Å²) < 4.78 is 0. The molecule has 1 saturated carbocycles. The Labute approximate surface area is 147 Å². The second kappa shape index (κ2) is 9.60. The summed E-state index contributed by atoms with van der Waals surface area (Å²) in [5, 5.41) is 26.3. The van der Waals surface area contributed by atoms with Crippen LogP contribution in [0.5, 0.6) is 0 Å². The molecule has 1 aliphatic heterocycles. The van der Waals surface area contributed by atoms with E-state index in [1.165, 1.54) is 6.42 Å². The Morgan fingerprint density at radius 3 is 2.40 bits per heavy atom. The fourth-order valence-electron chi connectivity index (χ4n) is 3.83. The Balaban J connectivity index is 1.91. The maximum absolute atomic E-state index is 12.5. The molecule has 8 nitrogen and oxygen atoms in total. The lowest BCUT2D eigenvalue weighted by Gasteiger charge is -2.27. The van der Waals surface area contributed by atoms with Crippen molar-refractivity contribution in [3.63, 3.8) is 0 Å². The SMILES string of the molecule is O=C(O)NC(CC1CCCCC1)C(=O)NC(CO)C[C@@H]1CCNC1=O. The highest BCUT2D eigenvalue weighted by molar-refractivity contribution is 5.85. The zero-order valence-corrected chi connectivity index (χ0v) is 14.5. The van der Waals surface area contributed by atoms with Crippen molar-refractivity contribution in [1.82, 2.24) is 16.0 Å². The van der Waals surface area contributed by atoms with Gasteiger partial charge < -0.3 is 26.2 Å². The van der Waals surface area contributed by atoms with Gasteiger partial charge in [-0.25, -0.2) is 4.79 Å². The number of carbonyl (C=O) groups is 3. The van der Waals surface area contributed by atoms with E-state index < -0.39 is 24.1 Å². The van der Waals surface area contributed by atoms with Crippen LogP contribution < -0.4 is 16.0 Å². The molecular formula is C17H29N3O5. The van der Waals surface area contributed by atoms with Gasteiger partial charge in [0, 0.05) is 12.5 Å². The highest BCUT2D eigenvalue weighted by Gasteiger charge is 2.30. The lowest BCUT2D eigenvalue weighted by Crippen LogP contribution is -2.51. The van der Waals surface area contributed by atoms with Gasteiger partial charge in [0.2, 0.25) is 11.8 Å². The molecule has 2 fully saturated rings. The minimum atomic E-state index is -1.23. The van der Waals surface area contributed by atoms with E-state index in [-0.39, 0.29) is 18.4 Å². The molecule has 2 rings (SSSR count). The lowest BCUT2D eigenvalue weighted by molar-refractivity contribution is -0.126. The Morgan fingerprint density at radius 2 is 1.84 bits per heavy atom. The van der Waals surface area contributed by atoms with Crippen LogP contribution in [0, 0.1) is 11.8 Å². The predicted octanol–water partition coefficient (Wildman–Crippen LogP) is 0.596. The number of carbonyl (C=O) groups excluding carboxylic acids is 2. The van der Waals surface area contributed by atoms with Crippen LogP contribution in [0.1, 0.15) is 51.4 Å². The van der Waals surface area contributed by atoms with E-state index in [0.717, 1.165) is 25.7 Å². The van der Waals surface area contributed by atoms with E-state index in [1.54, 1.807) is 0 Å². The van der Waals surface area contributed by atoms with Gasteiger partial charge in [0.1, 0.15) is 6.04 Å². The van der Waals surface area contributed by atoms with Crippen molar-refractivity contribution < 1.29 is 24.6 Å². The lowest BCUT2D eigenvalue weighted by atomic mass is 9.84. The summed E-state index contributed by atoms with van der Waals surface area (Å²) in [6.45, 7) is 0.333. The number of rotatable bonds is 8. The molecule has 0 aromatic carbocycles. The second-order valence-electron chi connectivity index (χ2n) is 7.14. The number of aliphatic hydroxyl groups excluding tert-OH is 1. The Hall–Kier alpha value is -1.83. The van der Waals surface area contributed by atoms with E-state index in [1.807, 2.05) is 0 Å². The first kappa shape index (κ1) is 19.5. The Kier molecular flexibility index (Phi) is 7.49. The summed E-state index contributed by atoms with van der Waals surface area (Å²) >= 11 is 0. The van der Waals surface area contributed by atoms with E-state index in [0.29, 0.717) is 31.7 Å². The van der Waals surface area contributed by atoms with Crippen molar-refractivity contribution in [3.8, 4) is 0 Å². The average molecular weight is 355 g/mol. The van der Waals surface area contributed by atoms with Gasteiger partial charge in [0.25, 0.3) is 0 Å². The van der Waals surface area contributed by atoms with Crippen LogP contribution in [0.4, 0.5) is 4.79 Å². The van der Waals surface area contributed by atoms with Crippen molar-refractivity contribution in [2.45, 2.75) is 63.5 Å². The average Bonchev–Trinajstić information content (AvgIpc) is 2.99. The summed E-state index contributed by atoms with van der Waals surface area (Å²) in [6.07, 6.45) is 5.72. The third kappa shape index (κ3) is 6.19. The molecule has 1 aliphatic carbocycles. The third-order valence-corrected chi connectivity index (χ3v) is 5.21. The number of aliphatic hydroxyl groups is 1. The van der Waals surface area contributed by atoms with Crippen molar-refractivity contribution >= 4 is 17.9 Å². The van der Waals surface area contributed by atoms with E-state index in [9.17, 15) is 19.5 Å². The summed E-state index contributed by atoms with van der Waals surface area (Å²) in [6, 6.07) is -1.38. The molecule has 2 aliphatic rings. The van der Waals surface area contributed by atoms with Gasteiger partial charge in [-0.15, -0.1) is 0 Å². The topological polar surface area (TPSA) is 128 Å². The van der Waals surface area contributed by atoms with Gasteiger partial charge in [-0.05, 0) is 25.2 Å². The van der Waals surface area contributed by atoms with Gasteiger partial charge in [-0.2, -0.15) is 0 Å². The third-order valence-electron chi connectivity index (χ3n) is 5.21. The number of nitrogens with one attached hydrogen (secondary N) is 3. The normalized spacial score (nSPS) is 23.6. The molecule has 3 atom stereocenters. The molecule has 8 heteroatoms. The summed E-state index contributed by atoms with van der Waals surface area (Å²) in [5.74, 6) is -0.369. The highest BCUT2D eigenvalue weighted by Crippen LogP contribution is 2.27. The van der Waals surface area contributed by atoms with Crippen molar-refractivity contribution in [2.75, 3.05) is 13.2 Å². The molecular weight excluding hydrogens is 326 g/mol. The van der Waals surface area contributed by atoms with Gasteiger partial charge in [-0.3, -0.25) is 9.59 Å².